The summed E-state index contributed by atoms with van der Waals surface area (Å²) in [5.41, 5.74) is 5.21. The highest BCUT2D eigenvalue weighted by atomic mass is 32.1. The Morgan fingerprint density at radius 1 is 1.05 bits per heavy atom. The third-order valence-corrected chi connectivity index (χ3v) is 7.64. The molecule has 2 atom stereocenters. The Balaban J connectivity index is 1.68. The average molecular weight is 544 g/mol. The molecule has 0 saturated carbocycles. The van der Waals surface area contributed by atoms with Gasteiger partial charge >= 0.3 is 5.97 Å². The first kappa shape index (κ1) is 28.0. The summed E-state index contributed by atoms with van der Waals surface area (Å²) in [6.07, 6.45) is 3.47. The van der Waals surface area contributed by atoms with E-state index in [9.17, 15) is 19.5 Å². The maximum atomic E-state index is 13.8. The van der Waals surface area contributed by atoms with Gasteiger partial charge in [-0.05, 0) is 78.1 Å². The van der Waals surface area contributed by atoms with Gasteiger partial charge in [0.2, 0.25) is 5.91 Å². The second kappa shape index (κ2) is 12.2. The zero-order chi connectivity index (χ0) is 28.1. The first-order chi connectivity index (χ1) is 18.6. The van der Waals surface area contributed by atoms with Crippen LogP contribution in [-0.2, 0) is 9.59 Å². The zero-order valence-corrected chi connectivity index (χ0v) is 23.4. The number of aryl methyl sites for hydroxylation is 2. The van der Waals surface area contributed by atoms with E-state index < -0.39 is 24.0 Å². The van der Waals surface area contributed by atoms with Gasteiger partial charge in [0.15, 0.2) is 0 Å². The molecule has 4 aromatic rings. The Morgan fingerprint density at radius 3 is 2.44 bits per heavy atom. The molecule has 1 aromatic carbocycles. The van der Waals surface area contributed by atoms with Gasteiger partial charge in [0.05, 0.1) is 18.2 Å². The Morgan fingerprint density at radius 2 is 1.79 bits per heavy atom. The number of hydrogen-bond acceptors (Lipinski definition) is 5. The van der Waals surface area contributed by atoms with Crippen molar-refractivity contribution in [2.45, 2.75) is 52.6 Å². The number of amides is 1. The number of hydrogen-bond donors (Lipinski definition) is 2. The molecule has 0 fully saturated rings. The van der Waals surface area contributed by atoms with Crippen molar-refractivity contribution in [3.05, 3.63) is 99.4 Å². The first-order valence-corrected chi connectivity index (χ1v) is 13.8. The molecule has 0 aliphatic heterocycles. The lowest BCUT2D eigenvalue weighted by Crippen LogP contribution is -2.40. The number of aliphatic carboxylic acids is 1. The largest absolute Gasteiger partial charge is 0.481 e. The van der Waals surface area contributed by atoms with Crippen LogP contribution in [0.1, 0.15) is 55.5 Å². The fourth-order valence-electron chi connectivity index (χ4n) is 4.79. The molecule has 4 rings (SSSR count). The van der Waals surface area contributed by atoms with E-state index in [1.165, 1.54) is 22.0 Å². The van der Waals surface area contributed by atoms with Gasteiger partial charge in [-0.15, -0.1) is 11.3 Å². The Labute approximate surface area is 232 Å². The van der Waals surface area contributed by atoms with Gasteiger partial charge in [0.25, 0.3) is 5.56 Å². The van der Waals surface area contributed by atoms with Gasteiger partial charge in [0.1, 0.15) is 6.04 Å². The number of carboxylic acid groups (broad SMARTS) is 1. The minimum atomic E-state index is -1.02. The van der Waals surface area contributed by atoms with Crippen LogP contribution in [0.15, 0.2) is 77.2 Å². The number of carboxylic acids is 1. The molecule has 0 radical (unpaired) electrons. The van der Waals surface area contributed by atoms with E-state index in [1.807, 2.05) is 75.5 Å². The molecule has 39 heavy (non-hydrogen) atoms. The summed E-state index contributed by atoms with van der Waals surface area (Å²) in [4.78, 5) is 43.9. The third-order valence-electron chi connectivity index (χ3n) is 6.68. The molecule has 3 heterocycles. The second-order valence-corrected chi connectivity index (χ2v) is 11.1. The highest BCUT2D eigenvalue weighted by Crippen LogP contribution is 2.35. The predicted octanol–water partition coefficient (Wildman–Crippen LogP) is 6.18. The number of carbonyl (C=O) groups is 2. The lowest BCUT2D eigenvalue weighted by atomic mass is 9.98. The number of benzene rings is 1. The molecule has 3 aromatic heterocycles. The van der Waals surface area contributed by atoms with Gasteiger partial charge in [-0.1, -0.05) is 38.1 Å². The standard InChI is InChI=1S/C31H33N3O4S/c1-19(2)14-26(34-17-22(11-12-28(34)35)24-10-5-6-13-32-24)31(38)33-25(16-29(36)37)23-15-27(39-18-23)30-20(3)8-7-9-21(30)4/h5-13,15,17-19,25-26H,14,16H2,1-4H3,(H,33,38)(H,36,37)/t25-,26+/m0/s1. The average Bonchev–Trinajstić information content (AvgIpc) is 3.37. The molecule has 202 valence electrons. The van der Waals surface area contributed by atoms with E-state index in [1.54, 1.807) is 18.5 Å². The zero-order valence-electron chi connectivity index (χ0n) is 22.5. The van der Waals surface area contributed by atoms with E-state index in [0.29, 0.717) is 12.1 Å². The number of pyridine rings is 2. The molecule has 2 N–H and O–H groups in total. The van der Waals surface area contributed by atoms with Crippen LogP contribution in [0.3, 0.4) is 0 Å². The minimum absolute atomic E-state index is 0.112. The molecule has 1 amide bonds. The molecule has 0 spiro atoms. The van der Waals surface area contributed by atoms with E-state index in [0.717, 1.165) is 32.7 Å². The smallest absolute Gasteiger partial charge is 0.305 e. The lowest BCUT2D eigenvalue weighted by Gasteiger charge is -2.25. The number of rotatable bonds is 10. The highest BCUT2D eigenvalue weighted by molar-refractivity contribution is 7.13. The first-order valence-electron chi connectivity index (χ1n) is 12.9. The van der Waals surface area contributed by atoms with Crippen LogP contribution in [0.4, 0.5) is 0 Å². The van der Waals surface area contributed by atoms with E-state index >= 15 is 0 Å². The van der Waals surface area contributed by atoms with Crippen LogP contribution in [0, 0.1) is 19.8 Å². The third kappa shape index (κ3) is 6.70. The topological polar surface area (TPSA) is 101 Å². The summed E-state index contributed by atoms with van der Waals surface area (Å²) >= 11 is 1.52. The number of carbonyl (C=O) groups excluding carboxylic acids is 1. The van der Waals surface area contributed by atoms with Crippen molar-refractivity contribution in [1.82, 2.24) is 14.9 Å². The molecule has 0 unspecified atom stereocenters. The summed E-state index contributed by atoms with van der Waals surface area (Å²) in [6, 6.07) is 15.2. The van der Waals surface area contributed by atoms with Gasteiger partial charge in [-0.3, -0.25) is 19.4 Å². The molecule has 8 heteroatoms. The van der Waals surface area contributed by atoms with Crippen LogP contribution >= 0.6 is 11.3 Å². The predicted molar refractivity (Wildman–Crippen MR) is 155 cm³/mol. The van der Waals surface area contributed by atoms with Crippen LogP contribution in [0.25, 0.3) is 21.7 Å². The number of nitrogens with zero attached hydrogens (tertiary/aromatic N) is 2. The van der Waals surface area contributed by atoms with Gasteiger partial charge in [-0.2, -0.15) is 0 Å². The lowest BCUT2D eigenvalue weighted by molar-refractivity contribution is -0.138. The molecule has 7 nitrogen and oxygen atoms in total. The molecule has 0 bridgehead atoms. The van der Waals surface area contributed by atoms with Crippen molar-refractivity contribution in [2.24, 2.45) is 5.92 Å². The SMILES string of the molecule is Cc1cccc(C)c1-c1cc([C@H](CC(=O)O)NC(=O)[C@@H](CC(C)C)n2cc(-c3ccccn3)ccc2=O)cs1. The molecular formula is C31H33N3O4S. The Kier molecular flexibility index (Phi) is 8.76. The van der Waals surface area contributed by atoms with Crippen molar-refractivity contribution in [3.8, 4) is 21.7 Å². The molecule has 0 aliphatic rings. The summed E-state index contributed by atoms with van der Waals surface area (Å²) in [6.45, 7) is 8.06. The minimum Gasteiger partial charge on any atom is -0.481 e. The van der Waals surface area contributed by atoms with E-state index in [-0.39, 0.29) is 17.9 Å². The van der Waals surface area contributed by atoms with Crippen LogP contribution in [0.5, 0.6) is 0 Å². The van der Waals surface area contributed by atoms with E-state index in [2.05, 4.69) is 10.3 Å². The van der Waals surface area contributed by atoms with Crippen LogP contribution in [-0.4, -0.2) is 26.5 Å². The summed E-state index contributed by atoms with van der Waals surface area (Å²) in [5.74, 6) is -1.30. The fraction of sp³-hybridized carbons (Fsp3) is 0.290. The van der Waals surface area contributed by atoms with Crippen molar-refractivity contribution in [2.75, 3.05) is 0 Å². The van der Waals surface area contributed by atoms with Crippen molar-refractivity contribution < 1.29 is 14.7 Å². The van der Waals surface area contributed by atoms with Gasteiger partial charge in [-0.25, -0.2) is 0 Å². The number of thiophene rings is 1. The Hall–Kier alpha value is -4.04. The van der Waals surface area contributed by atoms with Crippen molar-refractivity contribution in [1.29, 1.82) is 0 Å². The number of nitrogens with one attached hydrogen (secondary N) is 1. The second-order valence-electron chi connectivity index (χ2n) is 10.2. The maximum Gasteiger partial charge on any atom is 0.305 e. The summed E-state index contributed by atoms with van der Waals surface area (Å²) in [7, 11) is 0. The molecule has 0 aliphatic carbocycles. The van der Waals surface area contributed by atoms with Crippen LogP contribution < -0.4 is 10.9 Å². The molecular weight excluding hydrogens is 510 g/mol. The van der Waals surface area contributed by atoms with Crippen molar-refractivity contribution >= 4 is 23.2 Å². The normalized spacial score (nSPS) is 12.7. The summed E-state index contributed by atoms with van der Waals surface area (Å²) < 4.78 is 1.44. The molecule has 0 saturated heterocycles. The fourth-order valence-corrected chi connectivity index (χ4v) is 5.93. The number of aromatic nitrogens is 2. The quantitative estimate of drug-likeness (QED) is 0.249. The maximum absolute atomic E-state index is 13.8. The van der Waals surface area contributed by atoms with Gasteiger partial charge < -0.3 is 15.0 Å². The summed E-state index contributed by atoms with van der Waals surface area (Å²) in [5, 5.41) is 14.5. The monoisotopic (exact) mass is 543 g/mol. The van der Waals surface area contributed by atoms with Gasteiger partial charge in [0, 0.05) is 28.9 Å². The van der Waals surface area contributed by atoms with Crippen LogP contribution in [0.2, 0.25) is 0 Å². The highest BCUT2D eigenvalue weighted by Gasteiger charge is 2.28. The van der Waals surface area contributed by atoms with Crippen molar-refractivity contribution in [3.63, 3.8) is 0 Å². The van der Waals surface area contributed by atoms with E-state index in [4.69, 9.17) is 0 Å². The Bertz CT molecular complexity index is 1500.